The van der Waals surface area contributed by atoms with Crippen molar-refractivity contribution in [1.29, 1.82) is 0 Å². The highest BCUT2D eigenvalue weighted by Crippen LogP contribution is 2.44. The van der Waals surface area contributed by atoms with E-state index in [4.69, 9.17) is 9.97 Å². The molecule has 3 aliphatic rings. The molecule has 3 aliphatic carbocycles. The van der Waals surface area contributed by atoms with E-state index in [1.54, 1.807) is 17.5 Å². The lowest BCUT2D eigenvalue weighted by Crippen LogP contribution is -2.36. The number of fused-ring (bicyclic) bond motifs is 1. The lowest BCUT2D eigenvalue weighted by molar-refractivity contribution is 0.0216. The zero-order valence-electron chi connectivity index (χ0n) is 20.0. The SMILES string of the molecule is CS(=O)(=O)CC1CC(Nc2nc(NCC3CC3)ncc2-c2nc3c(C4CC4)nccc3s2)C(O)C1O. The van der Waals surface area contributed by atoms with Crippen molar-refractivity contribution in [1.82, 2.24) is 19.9 Å². The molecular weight excluding hydrogens is 500 g/mol. The van der Waals surface area contributed by atoms with Gasteiger partial charge >= 0.3 is 0 Å². The topological polar surface area (TPSA) is 150 Å². The number of aliphatic hydroxyl groups excluding tert-OH is 2. The smallest absolute Gasteiger partial charge is 0.224 e. The molecule has 0 amide bonds. The summed E-state index contributed by atoms with van der Waals surface area (Å²) in [5.41, 5.74) is 2.64. The van der Waals surface area contributed by atoms with Crippen LogP contribution in [0.4, 0.5) is 11.8 Å². The van der Waals surface area contributed by atoms with Crippen LogP contribution in [-0.4, -0.2) is 75.4 Å². The largest absolute Gasteiger partial charge is 0.390 e. The highest BCUT2D eigenvalue weighted by Gasteiger charge is 2.43. The molecule has 4 unspecified atom stereocenters. The second-order valence-electron chi connectivity index (χ2n) is 10.4. The Hall–Kier alpha value is -2.41. The first-order valence-corrected chi connectivity index (χ1v) is 15.3. The zero-order chi connectivity index (χ0) is 25.0. The number of nitrogens with one attached hydrogen (secondary N) is 2. The van der Waals surface area contributed by atoms with Crippen molar-refractivity contribution >= 4 is 43.2 Å². The molecule has 12 heteroatoms. The van der Waals surface area contributed by atoms with E-state index in [1.807, 2.05) is 12.3 Å². The first-order chi connectivity index (χ1) is 17.2. The molecule has 3 heterocycles. The highest BCUT2D eigenvalue weighted by molar-refractivity contribution is 7.90. The second-order valence-corrected chi connectivity index (χ2v) is 13.7. The summed E-state index contributed by atoms with van der Waals surface area (Å²) in [5.74, 6) is 1.36. The molecule has 0 aliphatic heterocycles. The molecule has 0 spiro atoms. The van der Waals surface area contributed by atoms with E-state index in [-0.39, 0.29) is 5.75 Å². The van der Waals surface area contributed by atoms with E-state index >= 15 is 0 Å². The molecule has 3 aromatic rings. The lowest BCUT2D eigenvalue weighted by atomic mass is 10.1. The number of hydrogen-bond donors (Lipinski definition) is 4. The second kappa shape index (κ2) is 9.16. The molecular formula is C24H30N6O4S2. The Bertz CT molecular complexity index is 1390. The maximum Gasteiger partial charge on any atom is 0.224 e. The third-order valence-corrected chi connectivity index (χ3v) is 9.29. The number of nitrogens with zero attached hydrogens (tertiary/aromatic N) is 4. The Morgan fingerprint density at radius 3 is 2.64 bits per heavy atom. The summed E-state index contributed by atoms with van der Waals surface area (Å²) in [6.07, 6.45) is 7.42. The minimum Gasteiger partial charge on any atom is -0.390 e. The van der Waals surface area contributed by atoms with Gasteiger partial charge < -0.3 is 20.8 Å². The molecule has 192 valence electrons. The van der Waals surface area contributed by atoms with Crippen LogP contribution in [-0.2, 0) is 9.84 Å². The lowest BCUT2D eigenvalue weighted by Gasteiger charge is -2.20. The molecule has 4 atom stereocenters. The average molecular weight is 531 g/mol. The van der Waals surface area contributed by atoms with Gasteiger partial charge in [0.2, 0.25) is 5.95 Å². The third-order valence-electron chi connectivity index (χ3n) is 7.21. The summed E-state index contributed by atoms with van der Waals surface area (Å²) in [5, 5.41) is 28.6. The van der Waals surface area contributed by atoms with Crippen LogP contribution in [0.1, 0.15) is 43.7 Å². The number of sulfone groups is 1. The van der Waals surface area contributed by atoms with Crippen molar-refractivity contribution in [3.8, 4) is 10.6 Å². The highest BCUT2D eigenvalue weighted by atomic mass is 32.2. The van der Waals surface area contributed by atoms with Crippen LogP contribution < -0.4 is 10.6 Å². The van der Waals surface area contributed by atoms with Gasteiger partial charge in [-0.3, -0.25) is 4.98 Å². The van der Waals surface area contributed by atoms with E-state index in [0.29, 0.717) is 35.6 Å². The van der Waals surface area contributed by atoms with Gasteiger partial charge in [0.15, 0.2) is 0 Å². The van der Waals surface area contributed by atoms with Gasteiger partial charge in [0.05, 0.1) is 33.9 Å². The Labute approximate surface area is 213 Å². The van der Waals surface area contributed by atoms with Gasteiger partial charge in [0.1, 0.15) is 32.3 Å². The molecule has 3 saturated carbocycles. The summed E-state index contributed by atoms with van der Waals surface area (Å²) in [6, 6.07) is 1.41. The molecule has 0 saturated heterocycles. The number of anilines is 2. The Morgan fingerprint density at radius 1 is 1.11 bits per heavy atom. The van der Waals surface area contributed by atoms with Crippen LogP contribution in [0, 0.1) is 11.8 Å². The number of aromatic nitrogens is 4. The van der Waals surface area contributed by atoms with Gasteiger partial charge in [-0.2, -0.15) is 4.98 Å². The van der Waals surface area contributed by atoms with E-state index < -0.39 is 34.0 Å². The van der Waals surface area contributed by atoms with Gasteiger partial charge in [-0.25, -0.2) is 18.4 Å². The van der Waals surface area contributed by atoms with Crippen molar-refractivity contribution in [2.75, 3.05) is 29.2 Å². The Kier molecular flexibility index (Phi) is 6.09. The standard InChI is InChI=1S/C24H30N6O4S2/c1-36(33,34)11-14-8-16(21(32)20(14)31)28-22-15(10-27-24(30-22)26-9-12-2-3-12)23-29-19-17(35-23)6-7-25-18(19)13-4-5-13/h6-7,10,12-14,16,20-21,31-32H,2-5,8-9,11H2,1H3,(H2,26,27,28,30). The number of rotatable bonds is 9. The maximum atomic E-state index is 11.8. The van der Waals surface area contributed by atoms with Crippen LogP contribution in [0.5, 0.6) is 0 Å². The molecule has 3 aromatic heterocycles. The fourth-order valence-electron chi connectivity index (χ4n) is 4.93. The van der Waals surface area contributed by atoms with Gasteiger partial charge in [-0.15, -0.1) is 11.3 Å². The molecule has 0 aromatic carbocycles. The summed E-state index contributed by atoms with van der Waals surface area (Å²) in [6.45, 7) is 0.803. The minimum absolute atomic E-state index is 0.178. The average Bonchev–Trinajstić information content (AvgIpc) is 3.76. The molecule has 0 bridgehead atoms. The van der Waals surface area contributed by atoms with Crippen LogP contribution >= 0.6 is 11.3 Å². The number of aliphatic hydroxyl groups is 2. The van der Waals surface area contributed by atoms with Gasteiger partial charge in [0.25, 0.3) is 0 Å². The monoisotopic (exact) mass is 530 g/mol. The number of hydrogen-bond acceptors (Lipinski definition) is 11. The molecule has 10 nitrogen and oxygen atoms in total. The van der Waals surface area contributed by atoms with Gasteiger partial charge in [-0.05, 0) is 44.1 Å². The quantitative estimate of drug-likeness (QED) is 0.325. The number of thiazole rings is 1. The van der Waals surface area contributed by atoms with Crippen molar-refractivity contribution in [2.24, 2.45) is 11.8 Å². The maximum absolute atomic E-state index is 11.8. The number of pyridine rings is 1. The van der Waals surface area contributed by atoms with E-state index in [1.165, 1.54) is 12.8 Å². The summed E-state index contributed by atoms with van der Waals surface area (Å²) >= 11 is 1.54. The predicted octanol–water partition coefficient (Wildman–Crippen LogP) is 2.41. The molecule has 3 fully saturated rings. The molecule has 36 heavy (non-hydrogen) atoms. The fraction of sp³-hybridized carbons (Fsp3) is 0.583. The first-order valence-electron chi connectivity index (χ1n) is 12.4. The van der Waals surface area contributed by atoms with Crippen LogP contribution in [0.15, 0.2) is 18.5 Å². The molecule has 4 N–H and O–H groups in total. The van der Waals surface area contributed by atoms with E-state index in [2.05, 4.69) is 20.6 Å². The van der Waals surface area contributed by atoms with E-state index in [0.717, 1.165) is 46.6 Å². The Balaban J connectivity index is 1.33. The van der Waals surface area contributed by atoms with E-state index in [9.17, 15) is 18.6 Å². The fourth-order valence-corrected chi connectivity index (χ4v) is 7.03. The normalized spacial score (nSPS) is 26.4. The molecule has 6 rings (SSSR count). The van der Waals surface area contributed by atoms with Gasteiger partial charge in [-0.1, -0.05) is 0 Å². The summed E-state index contributed by atoms with van der Waals surface area (Å²) < 4.78 is 24.7. The van der Waals surface area contributed by atoms with Crippen molar-refractivity contribution in [3.05, 3.63) is 24.2 Å². The minimum atomic E-state index is -3.30. The van der Waals surface area contributed by atoms with Crippen LogP contribution in [0.2, 0.25) is 0 Å². The summed E-state index contributed by atoms with van der Waals surface area (Å²) in [7, 11) is -3.30. The Morgan fingerprint density at radius 2 is 1.92 bits per heavy atom. The van der Waals surface area contributed by atoms with Crippen molar-refractivity contribution in [2.45, 2.75) is 56.3 Å². The first kappa shape index (κ1) is 24.0. The summed E-state index contributed by atoms with van der Waals surface area (Å²) in [4.78, 5) is 18.7. The van der Waals surface area contributed by atoms with Gasteiger partial charge in [0, 0.05) is 37.0 Å². The van der Waals surface area contributed by atoms with Crippen LogP contribution in [0.3, 0.4) is 0 Å². The van der Waals surface area contributed by atoms with Crippen LogP contribution in [0.25, 0.3) is 20.8 Å². The van der Waals surface area contributed by atoms with Crippen molar-refractivity contribution in [3.63, 3.8) is 0 Å². The molecule has 0 radical (unpaired) electrons. The third kappa shape index (κ3) is 5.04. The predicted molar refractivity (Wildman–Crippen MR) is 139 cm³/mol. The zero-order valence-corrected chi connectivity index (χ0v) is 21.6. The van der Waals surface area contributed by atoms with Crippen molar-refractivity contribution < 1.29 is 18.6 Å².